The third-order valence-electron chi connectivity index (χ3n) is 7.32. The highest BCUT2D eigenvalue weighted by Crippen LogP contribution is 2.28. The Hall–Kier alpha value is -3.92. The predicted octanol–water partition coefficient (Wildman–Crippen LogP) is 6.88. The lowest BCUT2D eigenvalue weighted by Crippen LogP contribution is -2.54. The van der Waals surface area contributed by atoms with Gasteiger partial charge in [-0.3, -0.25) is 13.9 Å². The highest BCUT2D eigenvalue weighted by atomic mass is 35.5. The Morgan fingerprint density at radius 3 is 2.13 bits per heavy atom. The molecular weight excluding hydrogens is 636 g/mol. The van der Waals surface area contributed by atoms with Gasteiger partial charge in [0.2, 0.25) is 11.8 Å². The van der Waals surface area contributed by atoms with Gasteiger partial charge in [0.05, 0.1) is 15.6 Å². The zero-order valence-corrected chi connectivity index (χ0v) is 27.2. The maximum absolute atomic E-state index is 14.4. The van der Waals surface area contributed by atoms with Gasteiger partial charge < -0.3 is 10.2 Å². The first-order chi connectivity index (χ1) is 21.5. The molecule has 0 saturated carbocycles. The van der Waals surface area contributed by atoms with Crippen molar-refractivity contribution in [2.45, 2.75) is 50.2 Å². The average molecular weight is 671 g/mol. The summed E-state index contributed by atoms with van der Waals surface area (Å²) < 4.78 is 43.0. The molecule has 4 aromatic carbocycles. The minimum absolute atomic E-state index is 0.00928. The Bertz CT molecular complexity index is 1730. The van der Waals surface area contributed by atoms with E-state index < -0.39 is 34.3 Å². The summed E-state index contributed by atoms with van der Waals surface area (Å²) in [5.41, 5.74) is 1.45. The summed E-state index contributed by atoms with van der Waals surface area (Å²) in [6, 6.07) is 26.0. The SMILES string of the molecule is CC[C@H](C)NC(=O)[C@H](Cc1ccccc1)N(Cc1cccc(Cl)c1)C(=O)CN(c1ccc(F)c(Cl)c1)S(=O)(=O)c1ccccc1. The summed E-state index contributed by atoms with van der Waals surface area (Å²) in [6.45, 7) is 3.08. The summed E-state index contributed by atoms with van der Waals surface area (Å²) in [4.78, 5) is 29.6. The topological polar surface area (TPSA) is 86.8 Å². The molecule has 0 radical (unpaired) electrons. The first-order valence-corrected chi connectivity index (χ1v) is 16.6. The van der Waals surface area contributed by atoms with E-state index in [1.54, 1.807) is 42.5 Å². The minimum atomic E-state index is -4.34. The van der Waals surface area contributed by atoms with E-state index in [1.165, 1.54) is 23.1 Å². The van der Waals surface area contributed by atoms with Crippen molar-refractivity contribution in [3.8, 4) is 0 Å². The number of sulfonamides is 1. The molecule has 1 N–H and O–H groups in total. The molecule has 2 amide bonds. The standard InChI is InChI=1S/C34H34Cl2FN3O4S/c1-3-24(2)38-34(42)32(20-25-11-6-4-7-12-25)39(22-26-13-10-14-27(35)19-26)33(41)23-40(28-17-18-31(37)30(36)21-28)45(43,44)29-15-8-5-9-16-29/h4-19,21,24,32H,3,20,22-23H2,1-2H3,(H,38,42)/t24-,32-/m0/s1. The van der Waals surface area contributed by atoms with Gasteiger partial charge in [-0.1, -0.05) is 90.8 Å². The van der Waals surface area contributed by atoms with Crippen molar-refractivity contribution < 1.29 is 22.4 Å². The Kier molecular flexibility index (Phi) is 11.6. The number of nitrogens with one attached hydrogen (secondary N) is 1. The lowest BCUT2D eigenvalue weighted by atomic mass is 10.0. The van der Waals surface area contributed by atoms with Crippen molar-refractivity contribution in [2.24, 2.45) is 0 Å². The summed E-state index contributed by atoms with van der Waals surface area (Å²) in [5.74, 6) is -1.78. The van der Waals surface area contributed by atoms with Gasteiger partial charge in [-0.2, -0.15) is 0 Å². The smallest absolute Gasteiger partial charge is 0.264 e. The van der Waals surface area contributed by atoms with E-state index in [0.29, 0.717) is 17.0 Å². The molecule has 7 nitrogen and oxygen atoms in total. The van der Waals surface area contributed by atoms with Gasteiger partial charge in [-0.05, 0) is 66.9 Å². The predicted molar refractivity (Wildman–Crippen MR) is 176 cm³/mol. The fourth-order valence-electron chi connectivity index (χ4n) is 4.72. The van der Waals surface area contributed by atoms with Gasteiger partial charge in [-0.15, -0.1) is 0 Å². The molecule has 0 aliphatic rings. The van der Waals surface area contributed by atoms with Crippen LogP contribution >= 0.6 is 23.2 Å². The molecule has 0 unspecified atom stereocenters. The van der Waals surface area contributed by atoms with Crippen LogP contribution in [0.3, 0.4) is 0 Å². The first-order valence-electron chi connectivity index (χ1n) is 14.4. The Balaban J connectivity index is 1.82. The van der Waals surface area contributed by atoms with Crippen molar-refractivity contribution in [3.63, 3.8) is 0 Å². The summed E-state index contributed by atoms with van der Waals surface area (Å²) >= 11 is 12.3. The van der Waals surface area contributed by atoms with Gasteiger partial charge >= 0.3 is 0 Å². The molecule has 4 aromatic rings. The van der Waals surface area contributed by atoms with Crippen molar-refractivity contribution in [3.05, 3.63) is 130 Å². The van der Waals surface area contributed by atoms with Crippen molar-refractivity contribution in [2.75, 3.05) is 10.8 Å². The number of carbonyl (C=O) groups is 2. The van der Waals surface area contributed by atoms with Gasteiger partial charge in [0, 0.05) is 24.0 Å². The van der Waals surface area contributed by atoms with Crippen LogP contribution in [0.4, 0.5) is 10.1 Å². The number of benzene rings is 4. The molecule has 0 spiro atoms. The van der Waals surface area contributed by atoms with Crippen LogP contribution in [0, 0.1) is 5.82 Å². The van der Waals surface area contributed by atoms with Crippen LogP contribution in [-0.4, -0.2) is 43.8 Å². The van der Waals surface area contributed by atoms with E-state index in [9.17, 15) is 22.4 Å². The quantitative estimate of drug-likeness (QED) is 0.168. The van der Waals surface area contributed by atoms with E-state index in [-0.39, 0.29) is 40.5 Å². The molecule has 4 rings (SSSR count). The number of hydrogen-bond donors (Lipinski definition) is 1. The molecule has 0 aliphatic heterocycles. The normalized spacial score (nSPS) is 12.6. The van der Waals surface area contributed by atoms with Crippen molar-refractivity contribution in [1.29, 1.82) is 0 Å². The van der Waals surface area contributed by atoms with Gasteiger partial charge in [0.15, 0.2) is 0 Å². The number of rotatable bonds is 13. The number of carbonyl (C=O) groups excluding carboxylic acids is 2. The van der Waals surface area contributed by atoms with Crippen LogP contribution in [0.5, 0.6) is 0 Å². The Morgan fingerprint density at radius 1 is 0.867 bits per heavy atom. The molecular formula is C34H34Cl2FN3O4S. The number of nitrogens with zero attached hydrogens (tertiary/aromatic N) is 2. The Labute approximate surface area is 273 Å². The number of hydrogen-bond acceptors (Lipinski definition) is 4. The molecule has 45 heavy (non-hydrogen) atoms. The molecule has 0 saturated heterocycles. The van der Waals surface area contributed by atoms with Crippen LogP contribution < -0.4 is 9.62 Å². The Morgan fingerprint density at radius 2 is 1.51 bits per heavy atom. The number of anilines is 1. The second-order valence-electron chi connectivity index (χ2n) is 10.6. The fraction of sp³-hybridized carbons (Fsp3) is 0.235. The highest BCUT2D eigenvalue weighted by Gasteiger charge is 2.35. The second kappa shape index (κ2) is 15.4. The lowest BCUT2D eigenvalue weighted by molar-refractivity contribution is -0.140. The van der Waals surface area contributed by atoms with E-state index in [2.05, 4.69) is 5.32 Å². The molecule has 0 fully saturated rings. The third-order valence-corrected chi connectivity index (χ3v) is 9.63. The number of amides is 2. The zero-order valence-electron chi connectivity index (χ0n) is 24.9. The van der Waals surface area contributed by atoms with E-state index in [1.807, 2.05) is 44.2 Å². The fourth-order valence-corrected chi connectivity index (χ4v) is 6.53. The first kappa shape index (κ1) is 34.0. The van der Waals surface area contributed by atoms with E-state index >= 15 is 0 Å². The van der Waals surface area contributed by atoms with Crippen molar-refractivity contribution >= 4 is 50.7 Å². The van der Waals surface area contributed by atoms with Crippen LogP contribution in [-0.2, 0) is 32.6 Å². The maximum atomic E-state index is 14.4. The number of halogens is 3. The molecule has 0 heterocycles. The molecule has 11 heteroatoms. The molecule has 236 valence electrons. The largest absolute Gasteiger partial charge is 0.352 e. The van der Waals surface area contributed by atoms with Crippen LogP contribution in [0.15, 0.2) is 108 Å². The van der Waals surface area contributed by atoms with Crippen LogP contribution in [0.1, 0.15) is 31.4 Å². The van der Waals surface area contributed by atoms with E-state index in [0.717, 1.165) is 22.0 Å². The maximum Gasteiger partial charge on any atom is 0.264 e. The average Bonchev–Trinajstić information content (AvgIpc) is 3.03. The molecule has 0 aromatic heterocycles. The van der Waals surface area contributed by atoms with Gasteiger partial charge in [0.1, 0.15) is 18.4 Å². The summed E-state index contributed by atoms with van der Waals surface area (Å²) in [5, 5.41) is 3.12. The highest BCUT2D eigenvalue weighted by molar-refractivity contribution is 7.92. The van der Waals surface area contributed by atoms with E-state index in [4.69, 9.17) is 23.2 Å². The monoisotopic (exact) mass is 669 g/mol. The second-order valence-corrected chi connectivity index (χ2v) is 13.3. The van der Waals surface area contributed by atoms with Gasteiger partial charge in [0.25, 0.3) is 10.0 Å². The van der Waals surface area contributed by atoms with Crippen molar-refractivity contribution in [1.82, 2.24) is 10.2 Å². The third kappa shape index (κ3) is 8.84. The van der Waals surface area contributed by atoms with Gasteiger partial charge in [-0.25, -0.2) is 12.8 Å². The lowest BCUT2D eigenvalue weighted by Gasteiger charge is -2.34. The minimum Gasteiger partial charge on any atom is -0.352 e. The molecule has 0 aliphatic carbocycles. The zero-order chi connectivity index (χ0) is 32.6. The molecule has 2 atom stereocenters. The molecule has 0 bridgehead atoms. The van der Waals surface area contributed by atoms with Crippen LogP contribution in [0.25, 0.3) is 0 Å². The van der Waals surface area contributed by atoms with Crippen LogP contribution in [0.2, 0.25) is 10.0 Å². The summed E-state index contributed by atoms with van der Waals surface area (Å²) in [6.07, 6.45) is 0.837. The summed E-state index contributed by atoms with van der Waals surface area (Å²) in [7, 11) is -4.34.